The van der Waals surface area contributed by atoms with Crippen LogP contribution in [0.5, 0.6) is 0 Å². The number of rotatable bonds is 7. The van der Waals surface area contributed by atoms with Gasteiger partial charge in [-0.15, -0.1) is 11.3 Å². The summed E-state index contributed by atoms with van der Waals surface area (Å²) in [5.74, 6) is -0.555. The molecule has 1 saturated heterocycles. The Morgan fingerprint density at radius 2 is 1.90 bits per heavy atom. The molecule has 3 rings (SSSR count). The van der Waals surface area contributed by atoms with Crippen molar-refractivity contribution in [2.45, 2.75) is 45.1 Å². The van der Waals surface area contributed by atoms with Gasteiger partial charge in [-0.05, 0) is 43.0 Å². The number of methoxy groups -OCH3 is 1. The summed E-state index contributed by atoms with van der Waals surface area (Å²) in [5, 5.41) is 4.88. The van der Waals surface area contributed by atoms with E-state index < -0.39 is 6.04 Å². The highest BCUT2D eigenvalue weighted by atomic mass is 32.1. The third kappa shape index (κ3) is 6.13. The normalized spacial score (nSPS) is 20.8. The van der Waals surface area contributed by atoms with E-state index in [0.717, 1.165) is 30.1 Å². The zero-order valence-corrected chi connectivity index (χ0v) is 17.9. The fourth-order valence-corrected chi connectivity index (χ4v) is 4.42. The smallest absolute Gasteiger partial charge is 0.307 e. The summed E-state index contributed by atoms with van der Waals surface area (Å²) in [6.45, 7) is 6.83. The minimum Gasteiger partial charge on any atom is -0.469 e. The molecule has 0 saturated carbocycles. The first-order chi connectivity index (χ1) is 13.9. The van der Waals surface area contributed by atoms with Crippen molar-refractivity contribution < 1.29 is 19.1 Å². The van der Waals surface area contributed by atoms with Gasteiger partial charge >= 0.3 is 5.97 Å². The molecule has 6 nitrogen and oxygen atoms in total. The van der Waals surface area contributed by atoms with Crippen LogP contribution < -0.4 is 5.32 Å². The zero-order chi connectivity index (χ0) is 20.8. The first-order valence-corrected chi connectivity index (χ1v) is 10.7. The topological polar surface area (TPSA) is 67.9 Å². The maximum absolute atomic E-state index is 12.7. The number of benzene rings is 1. The van der Waals surface area contributed by atoms with Crippen molar-refractivity contribution in [3.05, 3.63) is 57.8 Å². The van der Waals surface area contributed by atoms with Crippen LogP contribution in [-0.2, 0) is 20.8 Å². The Hall–Kier alpha value is -2.22. The molecule has 156 valence electrons. The molecule has 2 heterocycles. The van der Waals surface area contributed by atoms with Crippen LogP contribution in [0.3, 0.4) is 0 Å². The molecule has 0 radical (unpaired) electrons. The molecule has 1 aliphatic rings. The summed E-state index contributed by atoms with van der Waals surface area (Å²) in [4.78, 5) is 27.8. The van der Waals surface area contributed by atoms with E-state index in [4.69, 9.17) is 9.47 Å². The molecule has 3 atom stereocenters. The van der Waals surface area contributed by atoms with Gasteiger partial charge in [0.25, 0.3) is 5.91 Å². The lowest BCUT2D eigenvalue weighted by Crippen LogP contribution is -2.44. The van der Waals surface area contributed by atoms with E-state index >= 15 is 0 Å². The van der Waals surface area contributed by atoms with Gasteiger partial charge in [0.05, 0.1) is 31.8 Å². The fraction of sp³-hybridized carbons (Fsp3) is 0.455. The van der Waals surface area contributed by atoms with Gasteiger partial charge in [-0.25, -0.2) is 0 Å². The molecular formula is C22H28N2O4S. The Bertz CT molecular complexity index is 797. The standard InChI is InChI=1S/C22H28N2O4S/c1-15-12-24(13-16(2)28-15)14-17-6-8-18(9-7-17)22(26)23-19(11-21(25)27-3)20-5-4-10-29-20/h4-10,15-16,19H,11-14H2,1-3H3,(H,23,26). The van der Waals surface area contributed by atoms with E-state index in [0.29, 0.717) is 5.56 Å². The van der Waals surface area contributed by atoms with Crippen molar-refractivity contribution in [3.63, 3.8) is 0 Å². The van der Waals surface area contributed by atoms with Crippen molar-refractivity contribution in [2.75, 3.05) is 20.2 Å². The lowest BCUT2D eigenvalue weighted by Gasteiger charge is -2.35. The highest BCUT2D eigenvalue weighted by molar-refractivity contribution is 7.10. The predicted octanol–water partition coefficient (Wildman–Crippen LogP) is 3.39. The maximum Gasteiger partial charge on any atom is 0.307 e. The van der Waals surface area contributed by atoms with E-state index in [-0.39, 0.29) is 30.5 Å². The summed E-state index contributed by atoms with van der Waals surface area (Å²) in [6.07, 6.45) is 0.564. The van der Waals surface area contributed by atoms with Gasteiger partial charge in [-0.1, -0.05) is 18.2 Å². The number of nitrogens with zero attached hydrogens (tertiary/aromatic N) is 1. The van der Waals surface area contributed by atoms with Crippen LogP contribution in [-0.4, -0.2) is 49.2 Å². The average molecular weight is 417 g/mol. The molecule has 3 unspecified atom stereocenters. The van der Waals surface area contributed by atoms with Crippen LogP contribution in [0.2, 0.25) is 0 Å². The summed E-state index contributed by atoms with van der Waals surface area (Å²) in [5.41, 5.74) is 1.73. The second-order valence-corrected chi connectivity index (χ2v) is 8.45. The van der Waals surface area contributed by atoms with E-state index in [1.54, 1.807) is 0 Å². The monoisotopic (exact) mass is 416 g/mol. The number of carbonyl (C=O) groups is 2. The van der Waals surface area contributed by atoms with E-state index in [1.807, 2.05) is 41.8 Å². The first-order valence-electron chi connectivity index (χ1n) is 9.82. The number of amides is 1. The number of ether oxygens (including phenoxy) is 2. The first kappa shape index (κ1) is 21.5. The molecular weight excluding hydrogens is 388 g/mol. The van der Waals surface area contributed by atoms with Crippen LogP contribution in [0.25, 0.3) is 0 Å². The number of hydrogen-bond acceptors (Lipinski definition) is 6. The molecule has 0 bridgehead atoms. The number of esters is 1. The predicted molar refractivity (Wildman–Crippen MR) is 113 cm³/mol. The van der Waals surface area contributed by atoms with Crippen LogP contribution in [0.1, 0.15) is 47.1 Å². The van der Waals surface area contributed by atoms with Gasteiger partial charge < -0.3 is 14.8 Å². The minimum absolute atomic E-state index is 0.105. The van der Waals surface area contributed by atoms with Crippen molar-refractivity contribution in [3.8, 4) is 0 Å². The molecule has 2 aromatic rings. The van der Waals surface area contributed by atoms with Crippen molar-refractivity contribution in [1.82, 2.24) is 10.2 Å². The van der Waals surface area contributed by atoms with Gasteiger partial charge in [0.1, 0.15) is 0 Å². The van der Waals surface area contributed by atoms with Crippen LogP contribution >= 0.6 is 11.3 Å². The van der Waals surface area contributed by atoms with Gasteiger partial charge in [0.15, 0.2) is 0 Å². The van der Waals surface area contributed by atoms with Gasteiger partial charge in [0.2, 0.25) is 0 Å². The third-order valence-electron chi connectivity index (χ3n) is 4.91. The summed E-state index contributed by atoms with van der Waals surface area (Å²) in [7, 11) is 1.35. The quantitative estimate of drug-likeness (QED) is 0.701. The Morgan fingerprint density at radius 3 is 2.48 bits per heavy atom. The molecule has 29 heavy (non-hydrogen) atoms. The van der Waals surface area contributed by atoms with Crippen molar-refractivity contribution in [1.29, 1.82) is 0 Å². The SMILES string of the molecule is COC(=O)CC(NC(=O)c1ccc(CN2CC(C)OC(C)C2)cc1)c1cccs1. The molecule has 7 heteroatoms. The van der Waals surface area contributed by atoms with E-state index in [2.05, 4.69) is 24.1 Å². The van der Waals surface area contributed by atoms with E-state index in [9.17, 15) is 9.59 Å². The number of thiophene rings is 1. The molecule has 0 aliphatic carbocycles. The summed E-state index contributed by atoms with van der Waals surface area (Å²) < 4.78 is 10.6. The zero-order valence-electron chi connectivity index (χ0n) is 17.1. The number of morpholine rings is 1. The molecule has 1 aromatic heterocycles. The molecule has 1 aromatic carbocycles. The Balaban J connectivity index is 1.62. The largest absolute Gasteiger partial charge is 0.469 e. The van der Waals surface area contributed by atoms with E-state index in [1.165, 1.54) is 18.4 Å². The molecule has 1 amide bonds. The molecule has 1 aliphatic heterocycles. The average Bonchev–Trinajstić information content (AvgIpc) is 3.21. The summed E-state index contributed by atoms with van der Waals surface area (Å²) in [6, 6.07) is 11.1. The lowest BCUT2D eigenvalue weighted by atomic mass is 10.1. The second kappa shape index (κ2) is 10.0. The molecule has 1 N–H and O–H groups in total. The Morgan fingerprint density at radius 1 is 1.21 bits per heavy atom. The van der Waals surface area contributed by atoms with Crippen LogP contribution in [0.15, 0.2) is 41.8 Å². The highest BCUT2D eigenvalue weighted by Gasteiger charge is 2.23. The number of nitrogens with one attached hydrogen (secondary N) is 1. The van der Waals surface area contributed by atoms with Crippen molar-refractivity contribution in [2.24, 2.45) is 0 Å². The number of carbonyl (C=O) groups excluding carboxylic acids is 2. The summed E-state index contributed by atoms with van der Waals surface area (Å²) >= 11 is 1.50. The van der Waals surface area contributed by atoms with Gasteiger partial charge in [-0.3, -0.25) is 14.5 Å². The fourth-order valence-electron chi connectivity index (χ4n) is 3.64. The Labute approximate surface area is 175 Å². The van der Waals surface area contributed by atoms with Gasteiger partial charge in [0, 0.05) is 30.1 Å². The molecule has 1 fully saturated rings. The number of hydrogen-bond donors (Lipinski definition) is 1. The van der Waals surface area contributed by atoms with Crippen LogP contribution in [0.4, 0.5) is 0 Å². The molecule has 0 spiro atoms. The van der Waals surface area contributed by atoms with Gasteiger partial charge in [-0.2, -0.15) is 0 Å². The second-order valence-electron chi connectivity index (χ2n) is 7.47. The Kier molecular flexibility index (Phi) is 7.41. The minimum atomic E-state index is -0.397. The third-order valence-corrected chi connectivity index (χ3v) is 5.89. The van der Waals surface area contributed by atoms with Crippen molar-refractivity contribution >= 4 is 23.2 Å². The lowest BCUT2D eigenvalue weighted by molar-refractivity contribution is -0.141. The maximum atomic E-state index is 12.7. The van der Waals surface area contributed by atoms with Crippen LogP contribution in [0, 0.1) is 0 Å². The highest BCUT2D eigenvalue weighted by Crippen LogP contribution is 2.23.